The Morgan fingerprint density at radius 3 is 2.86 bits per heavy atom. The van der Waals surface area contributed by atoms with Gasteiger partial charge in [0.2, 0.25) is 0 Å². The second-order valence-electron chi connectivity index (χ2n) is 7.57. The van der Waals surface area contributed by atoms with Gasteiger partial charge >= 0.3 is 0 Å². The molecule has 4 nitrogen and oxygen atoms in total. The zero-order valence-electron chi connectivity index (χ0n) is 13.4. The highest BCUT2D eigenvalue weighted by Crippen LogP contribution is 2.32. The van der Waals surface area contributed by atoms with Crippen molar-refractivity contribution in [2.45, 2.75) is 51.0 Å². The van der Waals surface area contributed by atoms with Gasteiger partial charge in [-0.3, -0.25) is 0 Å². The Bertz CT molecular complexity index is 312. The third-order valence-electron chi connectivity index (χ3n) is 5.45. The van der Waals surface area contributed by atoms with E-state index in [2.05, 4.69) is 10.2 Å². The average Bonchev–Trinajstić information content (AvgIpc) is 3.31. The lowest BCUT2D eigenvalue weighted by Crippen LogP contribution is -2.51. The minimum Gasteiger partial charge on any atom is -0.396 e. The van der Waals surface area contributed by atoms with Crippen molar-refractivity contribution in [1.29, 1.82) is 0 Å². The average molecular weight is 296 g/mol. The number of likely N-dealkylation sites (tertiary alicyclic amines) is 1. The molecule has 0 amide bonds. The molecule has 0 aromatic rings. The summed E-state index contributed by atoms with van der Waals surface area (Å²) in [6.45, 7) is 6.91. The van der Waals surface area contributed by atoms with Crippen molar-refractivity contribution in [1.82, 2.24) is 10.2 Å². The van der Waals surface area contributed by atoms with Crippen LogP contribution in [0.4, 0.5) is 0 Å². The van der Waals surface area contributed by atoms with Gasteiger partial charge in [-0.25, -0.2) is 0 Å². The highest BCUT2D eigenvalue weighted by atomic mass is 16.5. The number of nitrogens with zero attached hydrogens (tertiary/aromatic N) is 1. The van der Waals surface area contributed by atoms with Crippen LogP contribution in [0.5, 0.6) is 0 Å². The molecule has 0 spiro atoms. The molecule has 0 aromatic heterocycles. The van der Waals surface area contributed by atoms with Gasteiger partial charge in [-0.2, -0.15) is 0 Å². The van der Waals surface area contributed by atoms with E-state index in [4.69, 9.17) is 4.74 Å². The lowest BCUT2D eigenvalue weighted by Gasteiger charge is -2.43. The summed E-state index contributed by atoms with van der Waals surface area (Å²) in [6.07, 6.45) is 8.78. The Labute approximate surface area is 129 Å². The summed E-state index contributed by atoms with van der Waals surface area (Å²) >= 11 is 0. The summed E-state index contributed by atoms with van der Waals surface area (Å²) in [5.74, 6) is 0.696. The maximum atomic E-state index is 9.18. The molecule has 122 valence electrons. The van der Waals surface area contributed by atoms with Crippen LogP contribution in [0.1, 0.15) is 44.9 Å². The maximum absolute atomic E-state index is 9.18. The molecule has 0 aromatic carbocycles. The summed E-state index contributed by atoms with van der Waals surface area (Å²) in [5.41, 5.74) is 0.321. The summed E-state index contributed by atoms with van der Waals surface area (Å²) in [5, 5.41) is 12.9. The molecule has 21 heavy (non-hydrogen) atoms. The molecule has 1 saturated carbocycles. The van der Waals surface area contributed by atoms with E-state index in [0.717, 1.165) is 32.2 Å². The van der Waals surface area contributed by atoms with Crippen LogP contribution in [-0.2, 0) is 4.74 Å². The van der Waals surface area contributed by atoms with Gasteiger partial charge in [-0.15, -0.1) is 0 Å². The Morgan fingerprint density at radius 2 is 2.14 bits per heavy atom. The van der Waals surface area contributed by atoms with E-state index in [1.807, 2.05) is 0 Å². The normalized spacial score (nSPS) is 35.0. The molecule has 4 heteroatoms. The van der Waals surface area contributed by atoms with E-state index in [1.54, 1.807) is 0 Å². The monoisotopic (exact) mass is 296 g/mol. The molecule has 2 saturated heterocycles. The van der Waals surface area contributed by atoms with Gasteiger partial charge in [0.25, 0.3) is 0 Å². The Kier molecular flexibility index (Phi) is 5.54. The van der Waals surface area contributed by atoms with Gasteiger partial charge in [-0.05, 0) is 57.4 Å². The molecular weight excluding hydrogens is 264 g/mol. The SMILES string of the molecule is OCCC1CCCN(CC2(CNC3CC3)CCCOC2)C1. The predicted molar refractivity (Wildman–Crippen MR) is 84.4 cm³/mol. The lowest BCUT2D eigenvalue weighted by atomic mass is 9.80. The molecule has 3 fully saturated rings. The van der Waals surface area contributed by atoms with Gasteiger partial charge in [0.05, 0.1) is 6.61 Å². The van der Waals surface area contributed by atoms with E-state index in [1.165, 1.54) is 58.2 Å². The highest BCUT2D eigenvalue weighted by Gasteiger charge is 2.37. The zero-order valence-corrected chi connectivity index (χ0v) is 13.4. The summed E-state index contributed by atoms with van der Waals surface area (Å²) < 4.78 is 5.85. The quantitative estimate of drug-likeness (QED) is 0.749. The summed E-state index contributed by atoms with van der Waals surface area (Å²) in [7, 11) is 0. The number of hydrogen-bond donors (Lipinski definition) is 2. The molecule has 3 rings (SSSR count). The topological polar surface area (TPSA) is 44.7 Å². The maximum Gasteiger partial charge on any atom is 0.0546 e. The van der Waals surface area contributed by atoms with Crippen molar-refractivity contribution in [3.63, 3.8) is 0 Å². The van der Waals surface area contributed by atoms with Gasteiger partial charge in [0.15, 0.2) is 0 Å². The number of nitrogens with one attached hydrogen (secondary N) is 1. The Morgan fingerprint density at radius 1 is 1.24 bits per heavy atom. The van der Waals surface area contributed by atoms with Crippen molar-refractivity contribution >= 4 is 0 Å². The first kappa shape index (κ1) is 15.7. The first-order valence-corrected chi connectivity index (χ1v) is 8.94. The van der Waals surface area contributed by atoms with Gasteiger partial charge < -0.3 is 20.1 Å². The number of hydrogen-bond acceptors (Lipinski definition) is 4. The third-order valence-corrected chi connectivity index (χ3v) is 5.45. The first-order chi connectivity index (χ1) is 10.3. The molecule has 2 heterocycles. The predicted octanol–water partition coefficient (Wildman–Crippen LogP) is 1.63. The van der Waals surface area contributed by atoms with Gasteiger partial charge in [0.1, 0.15) is 0 Å². The number of rotatable bonds is 7. The van der Waals surface area contributed by atoms with E-state index in [0.29, 0.717) is 17.9 Å². The molecule has 2 N–H and O–H groups in total. The largest absolute Gasteiger partial charge is 0.396 e. The van der Waals surface area contributed by atoms with Crippen LogP contribution in [0.3, 0.4) is 0 Å². The molecule has 2 unspecified atom stereocenters. The van der Waals surface area contributed by atoms with Crippen molar-refractivity contribution < 1.29 is 9.84 Å². The van der Waals surface area contributed by atoms with Crippen LogP contribution in [0.2, 0.25) is 0 Å². The van der Waals surface area contributed by atoms with Crippen molar-refractivity contribution in [3.05, 3.63) is 0 Å². The molecule has 1 aliphatic carbocycles. The zero-order chi connectivity index (χ0) is 14.5. The van der Waals surface area contributed by atoms with E-state index >= 15 is 0 Å². The number of aliphatic hydroxyl groups is 1. The fourth-order valence-corrected chi connectivity index (χ4v) is 4.07. The number of piperidine rings is 1. The Balaban J connectivity index is 1.54. The Hall–Kier alpha value is -0.160. The van der Waals surface area contributed by atoms with Crippen molar-refractivity contribution in [3.8, 4) is 0 Å². The second-order valence-corrected chi connectivity index (χ2v) is 7.57. The third kappa shape index (κ3) is 4.65. The highest BCUT2D eigenvalue weighted by molar-refractivity contribution is 4.92. The van der Waals surface area contributed by atoms with Crippen molar-refractivity contribution in [2.24, 2.45) is 11.3 Å². The lowest BCUT2D eigenvalue weighted by molar-refractivity contribution is -0.0328. The fraction of sp³-hybridized carbons (Fsp3) is 1.00. The second kappa shape index (κ2) is 7.40. The van der Waals surface area contributed by atoms with E-state index < -0.39 is 0 Å². The fourth-order valence-electron chi connectivity index (χ4n) is 4.07. The van der Waals surface area contributed by atoms with Crippen LogP contribution in [-0.4, -0.2) is 62.0 Å². The molecule has 2 aliphatic heterocycles. The molecule has 3 aliphatic rings. The van der Waals surface area contributed by atoms with Crippen LogP contribution >= 0.6 is 0 Å². The van der Waals surface area contributed by atoms with Crippen LogP contribution in [0.25, 0.3) is 0 Å². The number of aliphatic hydroxyl groups excluding tert-OH is 1. The molecular formula is C17H32N2O2. The van der Waals surface area contributed by atoms with Crippen LogP contribution in [0, 0.1) is 11.3 Å². The minimum absolute atomic E-state index is 0.321. The number of ether oxygens (including phenoxy) is 1. The van der Waals surface area contributed by atoms with Gasteiger partial charge in [0, 0.05) is 44.3 Å². The van der Waals surface area contributed by atoms with E-state index in [-0.39, 0.29) is 0 Å². The minimum atomic E-state index is 0.321. The van der Waals surface area contributed by atoms with Crippen LogP contribution < -0.4 is 5.32 Å². The van der Waals surface area contributed by atoms with Gasteiger partial charge in [-0.1, -0.05) is 0 Å². The van der Waals surface area contributed by atoms with E-state index in [9.17, 15) is 5.11 Å². The molecule has 0 bridgehead atoms. The summed E-state index contributed by atoms with van der Waals surface area (Å²) in [4.78, 5) is 2.65. The smallest absolute Gasteiger partial charge is 0.0546 e. The standard InChI is InChI=1S/C17H32N2O2/c20-9-6-15-3-1-8-19(11-15)13-17(7-2-10-21-14-17)12-18-16-4-5-16/h15-16,18,20H,1-14H2. The molecule has 2 atom stereocenters. The molecule has 0 radical (unpaired) electrons. The first-order valence-electron chi connectivity index (χ1n) is 8.94. The summed E-state index contributed by atoms with van der Waals surface area (Å²) in [6, 6.07) is 0.785. The van der Waals surface area contributed by atoms with Crippen LogP contribution in [0.15, 0.2) is 0 Å². The van der Waals surface area contributed by atoms with Crippen molar-refractivity contribution in [2.75, 3.05) is 46.0 Å².